The number of Topliss-reactive ketones (excluding diaryl/α,β-unsaturated/α-hetero) is 1. The number of nitro benzene ring substituents is 1. The van der Waals surface area contributed by atoms with E-state index in [-0.39, 0.29) is 17.5 Å². The first-order valence-electron chi connectivity index (χ1n) is 9.27. The maximum atomic E-state index is 11.5. The molecule has 6 heteroatoms. The van der Waals surface area contributed by atoms with E-state index in [0.29, 0.717) is 11.3 Å². The first kappa shape index (κ1) is 19.0. The summed E-state index contributed by atoms with van der Waals surface area (Å²) in [6.07, 6.45) is 1.86. The molecule has 0 saturated carbocycles. The zero-order chi connectivity index (χ0) is 19.4. The molecule has 1 aliphatic heterocycles. The number of likely N-dealkylation sites (tertiary alicyclic amines) is 1. The Hall–Kier alpha value is -2.73. The minimum atomic E-state index is -0.428. The third-order valence-corrected chi connectivity index (χ3v) is 5.20. The molecule has 2 aromatic carbocycles. The van der Waals surface area contributed by atoms with Crippen LogP contribution in [0.3, 0.4) is 0 Å². The van der Waals surface area contributed by atoms with Gasteiger partial charge in [0.25, 0.3) is 5.69 Å². The van der Waals surface area contributed by atoms with Gasteiger partial charge < -0.3 is 5.32 Å². The van der Waals surface area contributed by atoms with Gasteiger partial charge in [-0.1, -0.05) is 24.3 Å². The Morgan fingerprint density at radius 1 is 1.22 bits per heavy atom. The average Bonchev–Trinajstić information content (AvgIpc) is 2.65. The smallest absolute Gasteiger partial charge is 0.293 e. The number of aryl methyl sites for hydroxylation is 1. The molecule has 0 bridgehead atoms. The first-order valence-corrected chi connectivity index (χ1v) is 9.27. The van der Waals surface area contributed by atoms with E-state index >= 15 is 0 Å². The highest BCUT2D eigenvalue weighted by atomic mass is 16.6. The predicted molar refractivity (Wildman–Crippen MR) is 106 cm³/mol. The highest BCUT2D eigenvalue weighted by molar-refractivity contribution is 5.95. The molecule has 0 unspecified atom stereocenters. The monoisotopic (exact) mass is 367 g/mol. The predicted octanol–water partition coefficient (Wildman–Crippen LogP) is 4.18. The molecule has 0 radical (unpaired) electrons. The van der Waals surface area contributed by atoms with Crippen molar-refractivity contribution < 1.29 is 9.72 Å². The van der Waals surface area contributed by atoms with Gasteiger partial charge in [-0.05, 0) is 49.9 Å². The molecule has 3 rings (SSSR count). The summed E-state index contributed by atoms with van der Waals surface area (Å²) < 4.78 is 0. The van der Waals surface area contributed by atoms with E-state index in [9.17, 15) is 14.9 Å². The number of hydrogen-bond acceptors (Lipinski definition) is 5. The van der Waals surface area contributed by atoms with Gasteiger partial charge in [0.2, 0.25) is 0 Å². The quantitative estimate of drug-likeness (QED) is 0.471. The fourth-order valence-corrected chi connectivity index (χ4v) is 3.51. The topological polar surface area (TPSA) is 75.5 Å². The lowest BCUT2D eigenvalue weighted by Gasteiger charge is -2.33. The van der Waals surface area contributed by atoms with Crippen molar-refractivity contribution in [2.45, 2.75) is 39.3 Å². The maximum absolute atomic E-state index is 11.5. The number of anilines is 1. The molecule has 1 saturated heterocycles. The largest absolute Gasteiger partial charge is 0.377 e. The van der Waals surface area contributed by atoms with Gasteiger partial charge in [0.15, 0.2) is 5.78 Å². The first-order chi connectivity index (χ1) is 12.9. The van der Waals surface area contributed by atoms with Crippen LogP contribution in [0.2, 0.25) is 0 Å². The van der Waals surface area contributed by atoms with Gasteiger partial charge in [-0.25, -0.2) is 0 Å². The number of hydrogen-bond donors (Lipinski definition) is 1. The summed E-state index contributed by atoms with van der Waals surface area (Å²) in [7, 11) is 0. The fourth-order valence-electron chi connectivity index (χ4n) is 3.51. The summed E-state index contributed by atoms with van der Waals surface area (Å²) in [4.78, 5) is 24.9. The van der Waals surface area contributed by atoms with Gasteiger partial charge in [0.1, 0.15) is 5.69 Å². The standard InChI is InChI=1S/C21H25N3O3/c1-15-5-3-4-6-18(15)14-23-11-9-19(10-12-23)22-20-8-7-17(16(2)25)13-21(20)24(26)27/h3-8,13,19,22H,9-12,14H2,1-2H3. The molecule has 6 nitrogen and oxygen atoms in total. The lowest BCUT2D eigenvalue weighted by atomic mass is 10.0. The Bertz CT molecular complexity index is 842. The summed E-state index contributed by atoms with van der Waals surface area (Å²) in [5.74, 6) is -0.172. The van der Waals surface area contributed by atoms with Gasteiger partial charge in [0, 0.05) is 37.3 Å². The Morgan fingerprint density at radius 2 is 1.93 bits per heavy atom. The highest BCUT2D eigenvalue weighted by Crippen LogP contribution is 2.28. The Balaban J connectivity index is 1.61. The fraction of sp³-hybridized carbons (Fsp3) is 0.381. The van der Waals surface area contributed by atoms with E-state index in [1.165, 1.54) is 24.1 Å². The van der Waals surface area contributed by atoms with Crippen molar-refractivity contribution in [2.24, 2.45) is 0 Å². The number of nitro groups is 1. The second kappa shape index (κ2) is 8.31. The number of ketones is 1. The molecule has 142 valence electrons. The van der Waals surface area contributed by atoms with Crippen LogP contribution in [0.1, 0.15) is 41.3 Å². The van der Waals surface area contributed by atoms with Crippen molar-refractivity contribution >= 4 is 17.2 Å². The zero-order valence-corrected chi connectivity index (χ0v) is 15.8. The Kier molecular flexibility index (Phi) is 5.86. The number of benzene rings is 2. The van der Waals surface area contributed by atoms with Gasteiger partial charge in [-0.2, -0.15) is 0 Å². The van der Waals surface area contributed by atoms with Crippen molar-refractivity contribution in [3.8, 4) is 0 Å². The third-order valence-electron chi connectivity index (χ3n) is 5.20. The van der Waals surface area contributed by atoms with Crippen molar-refractivity contribution in [3.63, 3.8) is 0 Å². The maximum Gasteiger partial charge on any atom is 0.293 e. The number of nitrogens with zero attached hydrogens (tertiary/aromatic N) is 2. The molecule has 1 N–H and O–H groups in total. The van der Waals surface area contributed by atoms with Crippen LogP contribution in [-0.4, -0.2) is 34.7 Å². The molecule has 1 fully saturated rings. The van der Waals surface area contributed by atoms with Gasteiger partial charge >= 0.3 is 0 Å². The van der Waals surface area contributed by atoms with E-state index in [2.05, 4.69) is 41.4 Å². The summed E-state index contributed by atoms with van der Waals surface area (Å²) in [6.45, 7) is 6.38. The summed E-state index contributed by atoms with van der Waals surface area (Å²) >= 11 is 0. The van der Waals surface area contributed by atoms with Gasteiger partial charge in [-0.15, -0.1) is 0 Å². The molecular formula is C21H25N3O3. The SMILES string of the molecule is CC(=O)c1ccc(NC2CCN(Cc3ccccc3C)CC2)c([N+](=O)[O-])c1. The van der Waals surface area contributed by atoms with Crippen LogP contribution in [0.5, 0.6) is 0 Å². The number of carbonyl (C=O) groups excluding carboxylic acids is 1. The number of nitrogens with one attached hydrogen (secondary N) is 1. The van der Waals surface area contributed by atoms with E-state index in [0.717, 1.165) is 32.5 Å². The van der Waals surface area contributed by atoms with Crippen LogP contribution in [0.4, 0.5) is 11.4 Å². The van der Waals surface area contributed by atoms with Crippen LogP contribution in [0.25, 0.3) is 0 Å². The molecule has 0 aromatic heterocycles. The molecule has 0 spiro atoms. The van der Waals surface area contributed by atoms with Crippen molar-refractivity contribution in [3.05, 3.63) is 69.3 Å². The van der Waals surface area contributed by atoms with Crippen LogP contribution < -0.4 is 5.32 Å². The summed E-state index contributed by atoms with van der Waals surface area (Å²) in [5, 5.41) is 14.7. The molecule has 1 heterocycles. The van der Waals surface area contributed by atoms with E-state index in [1.807, 2.05) is 0 Å². The molecule has 1 aliphatic rings. The van der Waals surface area contributed by atoms with Crippen molar-refractivity contribution in [2.75, 3.05) is 18.4 Å². The molecule has 2 aromatic rings. The number of carbonyl (C=O) groups is 1. The summed E-state index contributed by atoms with van der Waals surface area (Å²) in [5.41, 5.74) is 3.46. The van der Waals surface area contributed by atoms with Crippen LogP contribution >= 0.6 is 0 Å². The van der Waals surface area contributed by atoms with Crippen LogP contribution in [0, 0.1) is 17.0 Å². The second-order valence-electron chi connectivity index (χ2n) is 7.17. The zero-order valence-electron chi connectivity index (χ0n) is 15.8. The van der Waals surface area contributed by atoms with E-state index in [4.69, 9.17) is 0 Å². The lowest BCUT2D eigenvalue weighted by Crippen LogP contribution is -2.38. The average molecular weight is 367 g/mol. The van der Waals surface area contributed by atoms with E-state index < -0.39 is 4.92 Å². The van der Waals surface area contributed by atoms with E-state index in [1.54, 1.807) is 12.1 Å². The second-order valence-corrected chi connectivity index (χ2v) is 7.17. The highest BCUT2D eigenvalue weighted by Gasteiger charge is 2.23. The molecule has 0 aliphatic carbocycles. The molecular weight excluding hydrogens is 342 g/mol. The van der Waals surface area contributed by atoms with Gasteiger partial charge in [-0.3, -0.25) is 19.8 Å². The van der Waals surface area contributed by atoms with Gasteiger partial charge in [0.05, 0.1) is 4.92 Å². The Morgan fingerprint density at radius 3 is 2.56 bits per heavy atom. The number of rotatable bonds is 6. The molecule has 27 heavy (non-hydrogen) atoms. The Labute approximate surface area is 159 Å². The molecule has 0 amide bonds. The third kappa shape index (κ3) is 4.71. The number of piperidine rings is 1. The summed E-state index contributed by atoms with van der Waals surface area (Å²) in [6, 6.07) is 13.3. The lowest BCUT2D eigenvalue weighted by molar-refractivity contribution is -0.384. The minimum Gasteiger partial charge on any atom is -0.377 e. The minimum absolute atomic E-state index is 0.0370. The van der Waals surface area contributed by atoms with Crippen molar-refractivity contribution in [1.29, 1.82) is 0 Å². The van der Waals surface area contributed by atoms with Crippen LogP contribution in [0.15, 0.2) is 42.5 Å². The molecule has 0 atom stereocenters. The van der Waals surface area contributed by atoms with Crippen LogP contribution in [-0.2, 0) is 6.54 Å². The normalized spacial score (nSPS) is 15.5. The van der Waals surface area contributed by atoms with Crippen molar-refractivity contribution in [1.82, 2.24) is 4.90 Å².